The second kappa shape index (κ2) is 8.58. The molecule has 168 valence electrons. The Morgan fingerprint density at radius 2 is 1.85 bits per heavy atom. The molecule has 0 saturated carbocycles. The highest BCUT2D eigenvalue weighted by Crippen LogP contribution is 2.40. The van der Waals surface area contributed by atoms with Crippen LogP contribution in [0.15, 0.2) is 90.4 Å². The van der Waals surface area contributed by atoms with Gasteiger partial charge in [-0.15, -0.1) is 5.10 Å². The van der Waals surface area contributed by atoms with E-state index in [-0.39, 0.29) is 5.69 Å². The van der Waals surface area contributed by atoms with E-state index < -0.39 is 16.9 Å². The van der Waals surface area contributed by atoms with Gasteiger partial charge >= 0.3 is 0 Å². The van der Waals surface area contributed by atoms with Crippen molar-refractivity contribution >= 4 is 23.2 Å². The van der Waals surface area contributed by atoms with Gasteiger partial charge in [-0.1, -0.05) is 30.3 Å². The summed E-state index contributed by atoms with van der Waals surface area (Å²) in [6, 6.07) is 18.1. The smallest absolute Gasteiger partial charge is 0.275 e. The first kappa shape index (κ1) is 21.0. The van der Waals surface area contributed by atoms with Crippen molar-refractivity contribution in [3.63, 3.8) is 0 Å². The predicted molar refractivity (Wildman–Crippen MR) is 126 cm³/mol. The van der Waals surface area contributed by atoms with E-state index in [9.17, 15) is 14.9 Å². The van der Waals surface area contributed by atoms with Crippen LogP contribution in [0.1, 0.15) is 18.5 Å². The number of nitro benzene ring substituents is 1. The second-order valence-corrected chi connectivity index (χ2v) is 7.65. The minimum Gasteiger partial charge on any atom is -0.328 e. The maximum absolute atomic E-state index is 13.5. The lowest BCUT2D eigenvalue weighted by atomic mass is 9.93. The molecule has 4 aromatic rings. The molecule has 2 N–H and O–H groups in total. The number of hydrogen-bond donors (Lipinski definition) is 2. The number of carbonyl (C=O) groups excluding carboxylic acids is 1. The zero-order valence-corrected chi connectivity index (χ0v) is 18.0. The number of fused-ring (bicyclic) bond motifs is 1. The molecule has 0 aliphatic carbocycles. The zero-order chi connectivity index (χ0) is 23.7. The number of hydrogen-bond acceptors (Lipinski definition) is 7. The fourth-order valence-electron chi connectivity index (χ4n) is 3.95. The third kappa shape index (κ3) is 3.77. The van der Waals surface area contributed by atoms with Crippen molar-refractivity contribution in [2.75, 3.05) is 10.6 Å². The van der Waals surface area contributed by atoms with Gasteiger partial charge in [0.05, 0.1) is 16.1 Å². The van der Waals surface area contributed by atoms with E-state index in [1.54, 1.807) is 55.7 Å². The van der Waals surface area contributed by atoms with Crippen LogP contribution < -0.4 is 10.6 Å². The predicted octanol–water partition coefficient (Wildman–Crippen LogP) is 4.18. The van der Waals surface area contributed by atoms with E-state index >= 15 is 0 Å². The topological polar surface area (TPSA) is 128 Å². The quantitative estimate of drug-likeness (QED) is 0.343. The molecule has 1 amide bonds. The Bertz CT molecular complexity index is 1420. The number of aromatic nitrogens is 4. The van der Waals surface area contributed by atoms with Crippen LogP contribution in [0.25, 0.3) is 11.4 Å². The minimum absolute atomic E-state index is 0.114. The molecule has 0 bridgehead atoms. The molecule has 2 aromatic carbocycles. The van der Waals surface area contributed by atoms with Gasteiger partial charge in [-0.05, 0) is 37.3 Å². The average Bonchev–Trinajstić information content (AvgIpc) is 3.28. The molecular weight excluding hydrogens is 434 g/mol. The SMILES string of the molecule is CC1=C(C(=O)Nc2ccccc2)[C@H](c2ccccc2[N+](=O)[O-])n2nc(-c3cccnc3)nc2N1. The summed E-state index contributed by atoms with van der Waals surface area (Å²) >= 11 is 0. The van der Waals surface area contributed by atoms with Gasteiger partial charge in [0.2, 0.25) is 5.95 Å². The highest BCUT2D eigenvalue weighted by molar-refractivity contribution is 6.06. The number of para-hydroxylation sites is 2. The van der Waals surface area contributed by atoms with Crippen LogP contribution >= 0.6 is 0 Å². The Morgan fingerprint density at radius 1 is 1.09 bits per heavy atom. The van der Waals surface area contributed by atoms with E-state index in [1.165, 1.54) is 10.7 Å². The molecule has 1 aliphatic heterocycles. The number of nitrogens with zero attached hydrogens (tertiary/aromatic N) is 5. The van der Waals surface area contributed by atoms with Crippen LogP contribution in [0.3, 0.4) is 0 Å². The molecule has 0 radical (unpaired) electrons. The van der Waals surface area contributed by atoms with Gasteiger partial charge in [-0.2, -0.15) is 4.98 Å². The summed E-state index contributed by atoms with van der Waals surface area (Å²) in [6.45, 7) is 1.74. The first-order valence-electron chi connectivity index (χ1n) is 10.5. The van der Waals surface area contributed by atoms with Crippen LogP contribution in [-0.4, -0.2) is 30.6 Å². The lowest BCUT2D eigenvalue weighted by Gasteiger charge is -2.28. The van der Waals surface area contributed by atoms with Crippen LogP contribution in [-0.2, 0) is 4.79 Å². The molecule has 0 saturated heterocycles. The van der Waals surface area contributed by atoms with Crippen molar-refractivity contribution in [3.05, 3.63) is 106 Å². The summed E-state index contributed by atoms with van der Waals surface area (Å²) in [5.74, 6) is 0.357. The van der Waals surface area contributed by atoms with E-state index in [0.717, 1.165) is 0 Å². The number of anilines is 2. The Balaban J connectivity index is 1.66. The fraction of sp³-hybridized carbons (Fsp3) is 0.0833. The molecule has 0 fully saturated rings. The number of benzene rings is 2. The molecule has 5 rings (SSSR count). The molecule has 0 unspecified atom stereocenters. The van der Waals surface area contributed by atoms with Crippen molar-refractivity contribution in [1.82, 2.24) is 19.7 Å². The third-order valence-corrected chi connectivity index (χ3v) is 5.48. The van der Waals surface area contributed by atoms with E-state index in [4.69, 9.17) is 0 Å². The van der Waals surface area contributed by atoms with E-state index in [0.29, 0.717) is 39.9 Å². The molecule has 0 spiro atoms. The third-order valence-electron chi connectivity index (χ3n) is 5.48. The van der Waals surface area contributed by atoms with Crippen molar-refractivity contribution in [2.45, 2.75) is 13.0 Å². The number of rotatable bonds is 5. The summed E-state index contributed by atoms with van der Waals surface area (Å²) in [4.78, 5) is 33.6. The monoisotopic (exact) mass is 453 g/mol. The van der Waals surface area contributed by atoms with Crippen molar-refractivity contribution in [1.29, 1.82) is 0 Å². The van der Waals surface area contributed by atoms with Crippen LogP contribution in [0.2, 0.25) is 0 Å². The number of nitrogens with one attached hydrogen (secondary N) is 2. The van der Waals surface area contributed by atoms with Crippen molar-refractivity contribution < 1.29 is 9.72 Å². The molecule has 1 aliphatic rings. The number of allylic oxidation sites excluding steroid dienone is 1. The van der Waals surface area contributed by atoms with E-state index in [2.05, 4.69) is 25.7 Å². The van der Waals surface area contributed by atoms with Gasteiger partial charge in [-0.3, -0.25) is 19.9 Å². The lowest BCUT2D eigenvalue weighted by Crippen LogP contribution is -2.31. The Kier molecular flexibility index (Phi) is 5.30. The summed E-state index contributed by atoms with van der Waals surface area (Å²) in [6.07, 6.45) is 3.27. The number of amides is 1. The van der Waals surface area contributed by atoms with Gasteiger partial charge < -0.3 is 10.6 Å². The molecule has 1 atom stereocenters. The minimum atomic E-state index is -0.875. The molecule has 2 aromatic heterocycles. The molecule has 10 heteroatoms. The zero-order valence-electron chi connectivity index (χ0n) is 18.0. The number of nitro groups is 1. The molecule has 3 heterocycles. The average molecular weight is 453 g/mol. The summed E-state index contributed by atoms with van der Waals surface area (Å²) in [5.41, 5.74) is 2.32. The largest absolute Gasteiger partial charge is 0.328 e. The summed E-state index contributed by atoms with van der Waals surface area (Å²) < 4.78 is 1.51. The number of carbonyl (C=O) groups is 1. The molecule has 10 nitrogen and oxygen atoms in total. The second-order valence-electron chi connectivity index (χ2n) is 7.65. The Morgan fingerprint density at radius 3 is 2.59 bits per heavy atom. The Hall–Kier alpha value is -4.86. The molecule has 34 heavy (non-hydrogen) atoms. The molecular formula is C24H19N7O3. The first-order chi connectivity index (χ1) is 16.5. The van der Waals surface area contributed by atoms with E-state index in [1.807, 2.05) is 24.3 Å². The first-order valence-corrected chi connectivity index (χ1v) is 10.5. The lowest BCUT2D eigenvalue weighted by molar-refractivity contribution is -0.385. The Labute approximate surface area is 194 Å². The summed E-state index contributed by atoms with van der Waals surface area (Å²) in [5, 5.41) is 22.5. The highest BCUT2D eigenvalue weighted by atomic mass is 16.6. The summed E-state index contributed by atoms with van der Waals surface area (Å²) in [7, 11) is 0. The maximum Gasteiger partial charge on any atom is 0.275 e. The van der Waals surface area contributed by atoms with Gasteiger partial charge in [0.15, 0.2) is 5.82 Å². The normalized spacial score (nSPS) is 14.8. The van der Waals surface area contributed by atoms with Crippen LogP contribution in [0, 0.1) is 10.1 Å². The van der Waals surface area contributed by atoms with Crippen LogP contribution in [0.4, 0.5) is 17.3 Å². The van der Waals surface area contributed by atoms with Gasteiger partial charge in [-0.25, -0.2) is 4.68 Å². The number of pyridine rings is 1. The van der Waals surface area contributed by atoms with Gasteiger partial charge in [0.1, 0.15) is 6.04 Å². The fourth-order valence-corrected chi connectivity index (χ4v) is 3.95. The standard InChI is InChI=1S/C24H19N7O3/c1-15-20(23(32)27-17-9-3-2-4-10-17)21(18-11-5-6-12-19(18)31(33)34)30-24(26-15)28-22(29-30)16-8-7-13-25-14-16/h2-14,21H,1H3,(H,27,32)(H,26,28,29)/t21-/m0/s1. The van der Waals surface area contributed by atoms with Crippen molar-refractivity contribution in [2.24, 2.45) is 0 Å². The van der Waals surface area contributed by atoms with Gasteiger partial charge in [0, 0.05) is 35.4 Å². The highest BCUT2D eigenvalue weighted by Gasteiger charge is 2.37. The van der Waals surface area contributed by atoms with Crippen LogP contribution in [0.5, 0.6) is 0 Å². The van der Waals surface area contributed by atoms with Gasteiger partial charge in [0.25, 0.3) is 11.6 Å². The maximum atomic E-state index is 13.5. The van der Waals surface area contributed by atoms with Crippen molar-refractivity contribution in [3.8, 4) is 11.4 Å².